The Morgan fingerprint density at radius 1 is 1.35 bits per heavy atom. The van der Waals surface area contributed by atoms with Crippen LogP contribution in [0.25, 0.3) is 0 Å². The van der Waals surface area contributed by atoms with Gasteiger partial charge >= 0.3 is 0 Å². The molecule has 2 rings (SSSR count). The van der Waals surface area contributed by atoms with E-state index in [2.05, 4.69) is 9.97 Å². The topological polar surface area (TPSA) is 71.8 Å². The van der Waals surface area contributed by atoms with Gasteiger partial charge in [-0.25, -0.2) is 4.98 Å². The summed E-state index contributed by atoms with van der Waals surface area (Å²) < 4.78 is 0. The van der Waals surface area contributed by atoms with Crippen LogP contribution in [0.3, 0.4) is 0 Å². The molecule has 1 aromatic heterocycles. The molecule has 106 valence electrons. The third-order valence-corrected chi connectivity index (χ3v) is 4.39. The molecule has 1 heterocycles. The van der Waals surface area contributed by atoms with E-state index >= 15 is 0 Å². The van der Waals surface area contributed by atoms with Crippen molar-refractivity contribution in [2.24, 2.45) is 5.73 Å². The number of nitrogens with two attached hydrogens (primary N) is 1. The van der Waals surface area contributed by atoms with Gasteiger partial charge in [0.15, 0.2) is 5.16 Å². The molecular formula is C14H16ClN3OS. The van der Waals surface area contributed by atoms with Crippen LogP contribution in [0, 0.1) is 6.92 Å². The number of rotatable bonds is 4. The summed E-state index contributed by atoms with van der Waals surface area (Å²) in [7, 11) is 0. The summed E-state index contributed by atoms with van der Waals surface area (Å²) >= 11 is 7.35. The van der Waals surface area contributed by atoms with Crippen molar-refractivity contribution in [3.63, 3.8) is 0 Å². The quantitative estimate of drug-likeness (QED) is 0.673. The van der Waals surface area contributed by atoms with Gasteiger partial charge in [-0.15, -0.1) is 0 Å². The molecular weight excluding hydrogens is 294 g/mol. The van der Waals surface area contributed by atoms with Gasteiger partial charge in [-0.3, -0.25) is 4.79 Å². The zero-order chi connectivity index (χ0) is 14.7. The molecule has 1 aromatic carbocycles. The Bertz CT molecular complexity index is 640. The van der Waals surface area contributed by atoms with Gasteiger partial charge in [-0.2, -0.15) is 0 Å². The summed E-state index contributed by atoms with van der Waals surface area (Å²) in [6.07, 6.45) is 0. The van der Waals surface area contributed by atoms with Crippen LogP contribution in [0.15, 0.2) is 40.3 Å². The van der Waals surface area contributed by atoms with Crippen molar-refractivity contribution in [2.75, 3.05) is 0 Å². The molecule has 0 saturated carbocycles. The van der Waals surface area contributed by atoms with Gasteiger partial charge in [0, 0.05) is 22.8 Å². The lowest BCUT2D eigenvalue weighted by molar-refractivity contribution is 0.717. The average molecular weight is 310 g/mol. The van der Waals surface area contributed by atoms with E-state index in [4.69, 9.17) is 17.3 Å². The molecule has 2 aromatic rings. The first-order valence-electron chi connectivity index (χ1n) is 6.21. The number of thioether (sulfide) groups is 1. The highest BCUT2D eigenvalue weighted by molar-refractivity contribution is 7.99. The van der Waals surface area contributed by atoms with Crippen LogP contribution in [0.5, 0.6) is 0 Å². The minimum Gasteiger partial charge on any atom is -0.327 e. The molecule has 3 N–H and O–H groups in total. The second kappa shape index (κ2) is 6.43. The average Bonchev–Trinajstić information content (AvgIpc) is 2.36. The molecule has 6 heteroatoms. The lowest BCUT2D eigenvalue weighted by Crippen LogP contribution is -2.23. The van der Waals surface area contributed by atoms with Gasteiger partial charge in [0.05, 0.1) is 5.25 Å². The van der Waals surface area contributed by atoms with Crippen LogP contribution < -0.4 is 11.3 Å². The highest BCUT2D eigenvalue weighted by atomic mass is 35.5. The molecule has 2 atom stereocenters. The van der Waals surface area contributed by atoms with Crippen molar-refractivity contribution < 1.29 is 0 Å². The minimum absolute atomic E-state index is 0.00258. The van der Waals surface area contributed by atoms with Gasteiger partial charge in [0.1, 0.15) is 0 Å². The van der Waals surface area contributed by atoms with E-state index in [1.807, 2.05) is 31.2 Å². The fourth-order valence-corrected chi connectivity index (χ4v) is 3.09. The third-order valence-electron chi connectivity index (χ3n) is 2.76. The molecule has 0 aliphatic carbocycles. The summed E-state index contributed by atoms with van der Waals surface area (Å²) in [6, 6.07) is 8.92. The molecule has 0 bridgehead atoms. The number of benzene rings is 1. The lowest BCUT2D eigenvalue weighted by atomic mass is 10.1. The van der Waals surface area contributed by atoms with Crippen molar-refractivity contribution in [1.82, 2.24) is 9.97 Å². The van der Waals surface area contributed by atoms with Crippen LogP contribution in [0.4, 0.5) is 0 Å². The minimum atomic E-state index is -0.153. The molecule has 2 unspecified atom stereocenters. The Balaban J connectivity index is 2.30. The van der Waals surface area contributed by atoms with Crippen molar-refractivity contribution in [3.8, 4) is 0 Å². The van der Waals surface area contributed by atoms with E-state index in [0.29, 0.717) is 15.9 Å². The Morgan fingerprint density at radius 3 is 2.55 bits per heavy atom. The number of nitrogens with one attached hydrogen (secondary N) is 1. The fourth-order valence-electron chi connectivity index (χ4n) is 1.86. The highest BCUT2D eigenvalue weighted by Gasteiger charge is 2.19. The van der Waals surface area contributed by atoms with Gasteiger partial charge < -0.3 is 10.7 Å². The van der Waals surface area contributed by atoms with E-state index in [0.717, 1.165) is 5.56 Å². The maximum Gasteiger partial charge on any atom is 0.251 e. The van der Waals surface area contributed by atoms with E-state index in [-0.39, 0.29) is 16.9 Å². The number of aromatic nitrogens is 2. The largest absolute Gasteiger partial charge is 0.327 e. The van der Waals surface area contributed by atoms with Crippen molar-refractivity contribution in [1.29, 1.82) is 0 Å². The summed E-state index contributed by atoms with van der Waals surface area (Å²) in [5.74, 6) is 0. The first kappa shape index (κ1) is 15.1. The first-order valence-corrected chi connectivity index (χ1v) is 7.47. The standard InChI is InChI=1S/C14H16ClN3OS/c1-8-7-12(19)18-14(17-8)20-13(9(2)16)10-3-5-11(15)6-4-10/h3-7,9,13H,16H2,1-2H3,(H,17,18,19). The molecule has 20 heavy (non-hydrogen) atoms. The van der Waals surface area contributed by atoms with Crippen LogP contribution in [0.1, 0.15) is 23.4 Å². The van der Waals surface area contributed by atoms with Gasteiger partial charge in [-0.1, -0.05) is 35.5 Å². The Kier molecular flexibility index (Phi) is 4.86. The Hall–Kier alpha value is -1.30. The second-order valence-electron chi connectivity index (χ2n) is 4.64. The van der Waals surface area contributed by atoms with Crippen LogP contribution >= 0.6 is 23.4 Å². The highest BCUT2D eigenvalue weighted by Crippen LogP contribution is 2.35. The van der Waals surface area contributed by atoms with Gasteiger partial charge in [0.2, 0.25) is 0 Å². The molecule has 0 aliphatic rings. The fraction of sp³-hybridized carbons (Fsp3) is 0.286. The van der Waals surface area contributed by atoms with E-state index < -0.39 is 0 Å². The maximum absolute atomic E-state index is 11.5. The predicted octanol–water partition coefficient (Wildman–Crippen LogP) is 2.91. The maximum atomic E-state index is 11.5. The number of H-pyrrole nitrogens is 1. The van der Waals surface area contributed by atoms with Crippen molar-refractivity contribution in [2.45, 2.75) is 30.3 Å². The van der Waals surface area contributed by atoms with Crippen LogP contribution in [0.2, 0.25) is 5.02 Å². The first-order chi connectivity index (χ1) is 9.45. The Morgan fingerprint density at radius 2 is 2.00 bits per heavy atom. The lowest BCUT2D eigenvalue weighted by Gasteiger charge is -2.20. The molecule has 0 fully saturated rings. The van der Waals surface area contributed by atoms with Gasteiger partial charge in [0.25, 0.3) is 5.56 Å². The van der Waals surface area contributed by atoms with Crippen molar-refractivity contribution in [3.05, 3.63) is 57.0 Å². The van der Waals surface area contributed by atoms with E-state index in [1.54, 1.807) is 6.92 Å². The number of hydrogen-bond acceptors (Lipinski definition) is 4. The summed E-state index contributed by atoms with van der Waals surface area (Å²) in [5.41, 5.74) is 7.65. The Labute approximate surface area is 126 Å². The molecule has 0 saturated heterocycles. The smallest absolute Gasteiger partial charge is 0.251 e. The number of hydrogen-bond donors (Lipinski definition) is 2. The van der Waals surface area contributed by atoms with E-state index in [1.165, 1.54) is 17.8 Å². The van der Waals surface area contributed by atoms with Crippen LogP contribution in [-0.2, 0) is 0 Å². The third kappa shape index (κ3) is 3.85. The SMILES string of the molecule is Cc1cc(=O)[nH]c(SC(c2ccc(Cl)cc2)C(C)N)n1. The zero-order valence-corrected chi connectivity index (χ0v) is 12.8. The van der Waals surface area contributed by atoms with E-state index in [9.17, 15) is 4.79 Å². The van der Waals surface area contributed by atoms with Crippen molar-refractivity contribution >= 4 is 23.4 Å². The zero-order valence-electron chi connectivity index (χ0n) is 11.3. The monoisotopic (exact) mass is 309 g/mol. The summed E-state index contributed by atoms with van der Waals surface area (Å²) in [5, 5.41) is 1.26. The molecule has 0 radical (unpaired) electrons. The number of aryl methyl sites for hydroxylation is 1. The molecule has 0 spiro atoms. The normalized spacial score (nSPS) is 14.0. The molecule has 0 amide bonds. The molecule has 0 aliphatic heterocycles. The summed E-state index contributed by atoms with van der Waals surface area (Å²) in [6.45, 7) is 3.72. The predicted molar refractivity (Wildman–Crippen MR) is 83.3 cm³/mol. The summed E-state index contributed by atoms with van der Waals surface area (Å²) in [4.78, 5) is 18.5. The van der Waals surface area contributed by atoms with Crippen LogP contribution in [-0.4, -0.2) is 16.0 Å². The number of halogens is 1. The van der Waals surface area contributed by atoms with Gasteiger partial charge in [-0.05, 0) is 31.5 Å². The second-order valence-corrected chi connectivity index (χ2v) is 6.21. The number of aromatic amines is 1. The molecule has 4 nitrogen and oxygen atoms in total. The number of nitrogens with zero attached hydrogens (tertiary/aromatic N) is 1.